The number of pyridine rings is 1. The van der Waals surface area contributed by atoms with Crippen LogP contribution in [-0.2, 0) is 27.7 Å². The molecule has 13 heteroatoms. The first-order valence-corrected chi connectivity index (χ1v) is 15.2. The molecule has 0 spiro atoms. The van der Waals surface area contributed by atoms with Crippen molar-refractivity contribution in [2.24, 2.45) is 5.92 Å². The van der Waals surface area contributed by atoms with Gasteiger partial charge >= 0.3 is 12.3 Å². The molecule has 1 saturated heterocycles. The largest absolute Gasteiger partial charge is 0.497 e. The van der Waals surface area contributed by atoms with E-state index >= 15 is 0 Å². The number of alkyl halides is 3. The van der Waals surface area contributed by atoms with Gasteiger partial charge in [0.15, 0.2) is 5.69 Å². The van der Waals surface area contributed by atoms with Gasteiger partial charge in [0.2, 0.25) is 11.8 Å². The molecule has 1 unspecified atom stereocenters. The molecule has 1 atom stereocenters. The van der Waals surface area contributed by atoms with Crippen LogP contribution in [-0.4, -0.2) is 51.3 Å². The number of carbonyl (C=O) groups is 2. The van der Waals surface area contributed by atoms with Gasteiger partial charge in [-0.2, -0.15) is 13.2 Å². The third-order valence-electron chi connectivity index (χ3n) is 8.32. The SMILES string of the molecule is COc1ccc(CN2CCC(c3nnc(-c4ncccc4N(C(=O)OC(C)(C)C)c4ccc(C(F)(F)F)cc4)o3)(C3CC3)C2=O)cc1. The van der Waals surface area contributed by atoms with Crippen molar-refractivity contribution in [3.63, 3.8) is 0 Å². The van der Waals surface area contributed by atoms with Gasteiger partial charge in [0.1, 0.15) is 16.8 Å². The number of rotatable bonds is 8. The highest BCUT2D eigenvalue weighted by atomic mass is 19.4. The molecule has 1 saturated carbocycles. The fourth-order valence-corrected chi connectivity index (χ4v) is 5.92. The molecular weight excluding hydrogens is 615 g/mol. The molecule has 3 heterocycles. The van der Waals surface area contributed by atoms with Gasteiger partial charge in [0.05, 0.1) is 24.0 Å². The van der Waals surface area contributed by atoms with Crippen molar-refractivity contribution in [2.75, 3.05) is 18.6 Å². The Morgan fingerprint density at radius 1 is 1.04 bits per heavy atom. The van der Waals surface area contributed by atoms with Gasteiger partial charge in [-0.3, -0.25) is 4.79 Å². The van der Waals surface area contributed by atoms with Crippen molar-refractivity contribution in [1.82, 2.24) is 20.1 Å². The number of methoxy groups -OCH3 is 1. The molecule has 2 aliphatic rings. The Morgan fingerprint density at radius 3 is 2.36 bits per heavy atom. The number of amides is 2. The number of carbonyl (C=O) groups excluding carboxylic acids is 2. The van der Waals surface area contributed by atoms with Crippen LogP contribution in [0.5, 0.6) is 5.75 Å². The van der Waals surface area contributed by atoms with Gasteiger partial charge in [0.25, 0.3) is 5.89 Å². The first-order valence-electron chi connectivity index (χ1n) is 15.2. The number of anilines is 2. The third-order valence-corrected chi connectivity index (χ3v) is 8.32. The fourth-order valence-electron chi connectivity index (χ4n) is 5.92. The molecule has 4 aromatic rings. The summed E-state index contributed by atoms with van der Waals surface area (Å²) in [6.07, 6.45) is -1.76. The molecule has 0 N–H and O–H groups in total. The number of hydrogen-bond acceptors (Lipinski definition) is 8. The van der Waals surface area contributed by atoms with E-state index in [4.69, 9.17) is 13.9 Å². The van der Waals surface area contributed by atoms with Gasteiger partial charge in [-0.25, -0.2) is 14.7 Å². The zero-order valence-electron chi connectivity index (χ0n) is 26.4. The lowest BCUT2D eigenvalue weighted by atomic mass is 9.80. The molecule has 1 aliphatic carbocycles. The maximum atomic E-state index is 14.1. The Kier molecular flexibility index (Phi) is 8.18. The zero-order chi connectivity index (χ0) is 33.6. The van der Waals surface area contributed by atoms with Crippen LogP contribution in [0, 0.1) is 5.92 Å². The van der Waals surface area contributed by atoms with Crippen molar-refractivity contribution in [2.45, 2.75) is 63.8 Å². The Hall–Kier alpha value is -4.94. The highest BCUT2D eigenvalue weighted by molar-refractivity contribution is 5.99. The van der Waals surface area contributed by atoms with Gasteiger partial charge in [-0.15, -0.1) is 10.2 Å². The quantitative estimate of drug-likeness (QED) is 0.195. The molecular formula is C34H34F3N5O5. The zero-order valence-corrected chi connectivity index (χ0v) is 26.4. The molecule has 0 radical (unpaired) electrons. The van der Waals surface area contributed by atoms with Crippen LogP contribution >= 0.6 is 0 Å². The summed E-state index contributed by atoms with van der Waals surface area (Å²) in [7, 11) is 1.60. The lowest BCUT2D eigenvalue weighted by Gasteiger charge is -2.28. The molecule has 2 fully saturated rings. The number of nitrogens with zero attached hydrogens (tertiary/aromatic N) is 5. The maximum absolute atomic E-state index is 14.1. The fraction of sp³-hybridized carbons (Fsp3) is 0.382. The standard InChI is InChI=1S/C34H34F3N5O5/c1-32(2,3)47-31(44)42(24-13-11-23(12-14-24)34(35,36)37)26-6-5-18-38-27(26)28-39-40-29(46-28)33(22-9-10-22)17-19-41(30(33)43)20-21-7-15-25(45-4)16-8-21/h5-8,11-16,18,22H,9-10,17,19-20H2,1-4H3. The highest BCUT2D eigenvalue weighted by Gasteiger charge is 2.60. The van der Waals surface area contributed by atoms with Crippen molar-refractivity contribution >= 4 is 23.4 Å². The van der Waals surface area contributed by atoms with Gasteiger partial charge in [0, 0.05) is 19.3 Å². The number of ether oxygens (including phenoxy) is 2. The highest BCUT2D eigenvalue weighted by Crippen LogP contribution is 2.53. The van der Waals surface area contributed by atoms with Crippen molar-refractivity contribution in [3.05, 3.63) is 83.9 Å². The average Bonchev–Trinajstić information content (AvgIpc) is 3.67. The second-order valence-corrected chi connectivity index (χ2v) is 12.7. The minimum absolute atomic E-state index is 0.0396. The van der Waals surface area contributed by atoms with Gasteiger partial charge in [-0.1, -0.05) is 12.1 Å². The minimum Gasteiger partial charge on any atom is -0.497 e. The number of benzene rings is 2. The monoisotopic (exact) mass is 649 g/mol. The number of hydrogen-bond donors (Lipinski definition) is 0. The summed E-state index contributed by atoms with van der Waals surface area (Å²) in [6.45, 7) is 5.96. The van der Waals surface area contributed by atoms with E-state index in [1.807, 2.05) is 24.3 Å². The van der Waals surface area contributed by atoms with Gasteiger partial charge < -0.3 is 18.8 Å². The summed E-state index contributed by atoms with van der Waals surface area (Å²) in [6, 6.07) is 14.8. The van der Waals surface area contributed by atoms with E-state index in [1.165, 1.54) is 18.3 Å². The summed E-state index contributed by atoms with van der Waals surface area (Å²) in [4.78, 5) is 35.0. The predicted molar refractivity (Wildman–Crippen MR) is 165 cm³/mol. The molecule has 2 amide bonds. The van der Waals surface area contributed by atoms with E-state index in [-0.39, 0.29) is 40.7 Å². The van der Waals surface area contributed by atoms with E-state index in [9.17, 15) is 22.8 Å². The Bertz CT molecular complexity index is 1760. The molecule has 6 rings (SSSR count). The van der Waals surface area contributed by atoms with Crippen LogP contribution in [0.25, 0.3) is 11.6 Å². The Morgan fingerprint density at radius 2 is 1.74 bits per heavy atom. The normalized spacial score (nSPS) is 18.4. The number of likely N-dealkylation sites (tertiary alicyclic amines) is 1. The molecule has 1 aliphatic heterocycles. The molecule has 0 bridgehead atoms. The maximum Gasteiger partial charge on any atom is 0.419 e. The van der Waals surface area contributed by atoms with E-state index in [0.717, 1.165) is 41.2 Å². The van der Waals surface area contributed by atoms with Crippen LogP contribution in [0.3, 0.4) is 0 Å². The van der Waals surface area contributed by atoms with E-state index < -0.39 is 28.8 Å². The summed E-state index contributed by atoms with van der Waals surface area (Å²) in [5, 5.41) is 8.63. The topological polar surface area (TPSA) is 111 Å². The second-order valence-electron chi connectivity index (χ2n) is 12.7. The summed E-state index contributed by atoms with van der Waals surface area (Å²) in [5.41, 5.74) is -1.47. The molecule has 2 aromatic heterocycles. The Balaban J connectivity index is 1.35. The average molecular weight is 650 g/mol. The van der Waals surface area contributed by atoms with Crippen molar-refractivity contribution < 1.29 is 36.7 Å². The van der Waals surface area contributed by atoms with E-state index in [1.54, 1.807) is 44.9 Å². The molecule has 2 aromatic carbocycles. The second kappa shape index (κ2) is 12.0. The molecule has 47 heavy (non-hydrogen) atoms. The third kappa shape index (κ3) is 6.38. The Labute approximate surface area is 269 Å². The molecule has 10 nitrogen and oxygen atoms in total. The number of aromatic nitrogens is 3. The summed E-state index contributed by atoms with van der Waals surface area (Å²) in [5.74, 6) is 0.805. The van der Waals surface area contributed by atoms with Crippen molar-refractivity contribution in [3.8, 4) is 17.3 Å². The van der Waals surface area contributed by atoms with Crippen LogP contribution in [0.1, 0.15) is 57.1 Å². The summed E-state index contributed by atoms with van der Waals surface area (Å²) < 4.78 is 57.2. The molecule has 246 valence electrons. The first-order chi connectivity index (χ1) is 22.3. The summed E-state index contributed by atoms with van der Waals surface area (Å²) >= 11 is 0. The lowest BCUT2D eigenvalue weighted by molar-refractivity contribution is -0.137. The number of halogens is 3. The minimum atomic E-state index is -4.56. The van der Waals surface area contributed by atoms with E-state index in [2.05, 4.69) is 15.2 Å². The van der Waals surface area contributed by atoms with E-state index in [0.29, 0.717) is 19.5 Å². The van der Waals surface area contributed by atoms with Crippen LogP contribution < -0.4 is 9.64 Å². The van der Waals surface area contributed by atoms with Crippen molar-refractivity contribution in [1.29, 1.82) is 0 Å². The van der Waals surface area contributed by atoms with Crippen LogP contribution in [0.4, 0.5) is 29.3 Å². The van der Waals surface area contributed by atoms with Crippen LogP contribution in [0.2, 0.25) is 0 Å². The smallest absolute Gasteiger partial charge is 0.419 e. The van der Waals surface area contributed by atoms with Crippen LogP contribution in [0.15, 0.2) is 71.3 Å². The lowest BCUT2D eigenvalue weighted by Crippen LogP contribution is -2.39. The predicted octanol–water partition coefficient (Wildman–Crippen LogP) is 7.31. The van der Waals surface area contributed by atoms with Gasteiger partial charge in [-0.05, 0) is 100 Å². The first kappa shape index (κ1) is 32.0.